The van der Waals surface area contributed by atoms with Crippen LogP contribution < -0.4 is 11.5 Å². The lowest BCUT2D eigenvalue weighted by Gasteiger charge is -2.12. The third-order valence-corrected chi connectivity index (χ3v) is 2.78. The van der Waals surface area contributed by atoms with Gasteiger partial charge in [-0.05, 0) is 31.5 Å². The highest BCUT2D eigenvalue weighted by Gasteiger charge is 2.08. The first kappa shape index (κ1) is 10.6. The Labute approximate surface area is 95.9 Å². The zero-order valence-electron chi connectivity index (χ0n) is 9.62. The summed E-state index contributed by atoms with van der Waals surface area (Å²) in [5.74, 6) is 0. The first-order valence-corrected chi connectivity index (χ1v) is 5.31. The molecule has 2 aromatic rings. The first-order valence-electron chi connectivity index (χ1n) is 5.31. The molecule has 0 atom stereocenters. The van der Waals surface area contributed by atoms with Crippen molar-refractivity contribution in [1.29, 1.82) is 0 Å². The Morgan fingerprint density at radius 2 is 1.56 bits per heavy atom. The summed E-state index contributed by atoms with van der Waals surface area (Å²) in [7, 11) is 0. The highest BCUT2D eigenvalue weighted by atomic mass is 14.6. The third-order valence-electron chi connectivity index (χ3n) is 2.78. The van der Waals surface area contributed by atoms with Crippen molar-refractivity contribution < 1.29 is 0 Å². The summed E-state index contributed by atoms with van der Waals surface area (Å²) >= 11 is 0. The summed E-state index contributed by atoms with van der Waals surface area (Å²) in [6.45, 7) is 4.08. The van der Waals surface area contributed by atoms with Gasteiger partial charge < -0.3 is 11.5 Å². The number of nitrogens with two attached hydrogens (primary N) is 2. The maximum absolute atomic E-state index is 6.10. The van der Waals surface area contributed by atoms with E-state index in [0.29, 0.717) is 0 Å². The first-order chi connectivity index (χ1) is 7.59. The van der Waals surface area contributed by atoms with E-state index in [1.807, 2.05) is 31.2 Å². The van der Waals surface area contributed by atoms with Gasteiger partial charge in [0.15, 0.2) is 0 Å². The van der Waals surface area contributed by atoms with E-state index >= 15 is 0 Å². The molecule has 0 saturated heterocycles. The summed E-state index contributed by atoms with van der Waals surface area (Å²) in [5.41, 5.74) is 18.0. The topological polar surface area (TPSA) is 52.0 Å². The van der Waals surface area contributed by atoms with Crippen molar-refractivity contribution in [2.75, 3.05) is 11.5 Å². The van der Waals surface area contributed by atoms with E-state index in [9.17, 15) is 0 Å². The van der Waals surface area contributed by atoms with E-state index in [4.69, 9.17) is 11.5 Å². The normalized spacial score (nSPS) is 10.4. The minimum atomic E-state index is 0.763. The van der Waals surface area contributed by atoms with Gasteiger partial charge in [-0.2, -0.15) is 0 Å². The van der Waals surface area contributed by atoms with Gasteiger partial charge in [0.25, 0.3) is 0 Å². The Balaban J connectivity index is 2.69. The van der Waals surface area contributed by atoms with E-state index in [-0.39, 0.29) is 0 Å². The van der Waals surface area contributed by atoms with E-state index in [2.05, 4.69) is 19.1 Å². The van der Waals surface area contributed by atoms with Crippen LogP contribution in [0.1, 0.15) is 11.1 Å². The molecule has 2 nitrogen and oxygen atoms in total. The predicted octanol–water partition coefficient (Wildman–Crippen LogP) is 3.13. The zero-order chi connectivity index (χ0) is 11.7. The average Bonchev–Trinajstić information content (AvgIpc) is 2.24. The standard InChI is InChI=1S/C14H16N2/c1-9-7-10(2)14(16)12(8-9)11-5-3-4-6-13(11)15/h3-8H,15-16H2,1-2H3. The summed E-state index contributed by atoms with van der Waals surface area (Å²) in [6.07, 6.45) is 0. The molecule has 0 aliphatic heterocycles. The van der Waals surface area contributed by atoms with Crippen LogP contribution in [0, 0.1) is 13.8 Å². The molecule has 0 aliphatic carbocycles. The maximum atomic E-state index is 6.10. The Morgan fingerprint density at radius 1 is 0.875 bits per heavy atom. The molecule has 16 heavy (non-hydrogen) atoms. The maximum Gasteiger partial charge on any atom is 0.0424 e. The average molecular weight is 212 g/mol. The number of rotatable bonds is 1. The Kier molecular flexibility index (Phi) is 2.57. The van der Waals surface area contributed by atoms with Crippen LogP contribution in [-0.2, 0) is 0 Å². The van der Waals surface area contributed by atoms with Crippen molar-refractivity contribution in [2.24, 2.45) is 0 Å². The van der Waals surface area contributed by atoms with Crippen molar-refractivity contribution in [2.45, 2.75) is 13.8 Å². The highest BCUT2D eigenvalue weighted by molar-refractivity contribution is 5.85. The van der Waals surface area contributed by atoms with Crippen LogP contribution in [0.2, 0.25) is 0 Å². The lowest BCUT2D eigenvalue weighted by atomic mass is 9.97. The van der Waals surface area contributed by atoms with Gasteiger partial charge in [-0.25, -0.2) is 0 Å². The summed E-state index contributed by atoms with van der Waals surface area (Å²) in [5, 5.41) is 0. The Bertz CT molecular complexity index is 530. The molecule has 0 aliphatic rings. The number of para-hydroxylation sites is 1. The second-order valence-electron chi connectivity index (χ2n) is 4.13. The van der Waals surface area contributed by atoms with Crippen LogP contribution in [0.5, 0.6) is 0 Å². The highest BCUT2D eigenvalue weighted by Crippen LogP contribution is 2.33. The number of anilines is 2. The van der Waals surface area contributed by atoms with Gasteiger partial charge in [0.05, 0.1) is 0 Å². The fourth-order valence-corrected chi connectivity index (χ4v) is 1.94. The van der Waals surface area contributed by atoms with Gasteiger partial charge in [0, 0.05) is 22.5 Å². The van der Waals surface area contributed by atoms with Crippen molar-refractivity contribution >= 4 is 11.4 Å². The molecular formula is C14H16N2. The third kappa shape index (κ3) is 1.74. The van der Waals surface area contributed by atoms with Crippen LogP contribution in [0.4, 0.5) is 11.4 Å². The van der Waals surface area contributed by atoms with Crippen LogP contribution in [0.15, 0.2) is 36.4 Å². The molecule has 0 fully saturated rings. The molecular weight excluding hydrogens is 196 g/mol. The van der Waals surface area contributed by atoms with Gasteiger partial charge in [-0.3, -0.25) is 0 Å². The minimum Gasteiger partial charge on any atom is -0.398 e. The molecule has 0 heterocycles. The second kappa shape index (κ2) is 3.89. The fraction of sp³-hybridized carbons (Fsp3) is 0.143. The molecule has 0 spiro atoms. The van der Waals surface area contributed by atoms with Crippen LogP contribution in [-0.4, -0.2) is 0 Å². The van der Waals surface area contributed by atoms with Crippen molar-refractivity contribution in [3.05, 3.63) is 47.5 Å². The Morgan fingerprint density at radius 3 is 2.25 bits per heavy atom. The number of nitrogen functional groups attached to an aromatic ring is 2. The van der Waals surface area contributed by atoms with Crippen molar-refractivity contribution in [1.82, 2.24) is 0 Å². The van der Waals surface area contributed by atoms with E-state index in [1.165, 1.54) is 5.56 Å². The van der Waals surface area contributed by atoms with Gasteiger partial charge in [-0.15, -0.1) is 0 Å². The molecule has 0 aromatic heterocycles. The van der Waals surface area contributed by atoms with E-state index in [1.54, 1.807) is 0 Å². The monoisotopic (exact) mass is 212 g/mol. The second-order valence-corrected chi connectivity index (χ2v) is 4.13. The minimum absolute atomic E-state index is 0.763. The fourth-order valence-electron chi connectivity index (χ4n) is 1.94. The lowest BCUT2D eigenvalue weighted by molar-refractivity contribution is 1.38. The molecule has 2 rings (SSSR count). The number of hydrogen-bond donors (Lipinski definition) is 2. The quantitative estimate of drug-likeness (QED) is 0.713. The largest absolute Gasteiger partial charge is 0.398 e. The SMILES string of the molecule is Cc1cc(C)c(N)c(-c2ccccc2N)c1. The molecule has 82 valence electrons. The summed E-state index contributed by atoms with van der Waals surface area (Å²) < 4.78 is 0. The van der Waals surface area contributed by atoms with Gasteiger partial charge in [0.2, 0.25) is 0 Å². The molecule has 0 unspecified atom stereocenters. The van der Waals surface area contributed by atoms with Crippen molar-refractivity contribution in [3.63, 3.8) is 0 Å². The molecule has 0 amide bonds. The molecule has 2 aromatic carbocycles. The molecule has 2 heteroatoms. The van der Waals surface area contributed by atoms with Crippen LogP contribution >= 0.6 is 0 Å². The number of hydrogen-bond acceptors (Lipinski definition) is 2. The lowest BCUT2D eigenvalue weighted by Crippen LogP contribution is -1.97. The van der Waals surface area contributed by atoms with Crippen molar-refractivity contribution in [3.8, 4) is 11.1 Å². The smallest absolute Gasteiger partial charge is 0.0424 e. The summed E-state index contributed by atoms with van der Waals surface area (Å²) in [4.78, 5) is 0. The Hall–Kier alpha value is -1.96. The van der Waals surface area contributed by atoms with Gasteiger partial charge in [-0.1, -0.05) is 29.8 Å². The molecule has 4 N–H and O–H groups in total. The van der Waals surface area contributed by atoms with E-state index < -0.39 is 0 Å². The number of benzene rings is 2. The van der Waals surface area contributed by atoms with Gasteiger partial charge >= 0.3 is 0 Å². The van der Waals surface area contributed by atoms with Gasteiger partial charge in [0.1, 0.15) is 0 Å². The zero-order valence-corrected chi connectivity index (χ0v) is 9.62. The number of aryl methyl sites for hydroxylation is 2. The molecule has 0 saturated carbocycles. The predicted molar refractivity (Wildman–Crippen MR) is 70.2 cm³/mol. The van der Waals surface area contributed by atoms with Crippen LogP contribution in [0.3, 0.4) is 0 Å². The van der Waals surface area contributed by atoms with E-state index in [0.717, 1.165) is 28.1 Å². The summed E-state index contributed by atoms with van der Waals surface area (Å²) in [6, 6.07) is 12.0. The molecule has 0 bridgehead atoms. The molecule has 0 radical (unpaired) electrons. The van der Waals surface area contributed by atoms with Crippen LogP contribution in [0.25, 0.3) is 11.1 Å².